The summed E-state index contributed by atoms with van der Waals surface area (Å²) in [5, 5.41) is 0.891. The molecule has 1 aromatic carbocycles. The Morgan fingerprint density at radius 2 is 2.00 bits per heavy atom. The number of nitrogens with one attached hydrogen (secondary N) is 2. The van der Waals surface area contributed by atoms with Crippen LogP contribution in [0.2, 0.25) is 10.0 Å². The molecule has 98 valence electrons. The summed E-state index contributed by atoms with van der Waals surface area (Å²) in [4.78, 5) is 22.4. The molecule has 1 aromatic rings. The van der Waals surface area contributed by atoms with E-state index < -0.39 is 12.0 Å². The number of rotatable bonds is 3. The van der Waals surface area contributed by atoms with Crippen molar-refractivity contribution in [2.24, 2.45) is 0 Å². The first-order valence-electron chi connectivity index (χ1n) is 5.18. The Labute approximate surface area is 114 Å². The molecule has 0 radical (unpaired) electrons. The molecule has 0 aliphatic heterocycles. The third-order valence-electron chi connectivity index (χ3n) is 1.95. The van der Waals surface area contributed by atoms with E-state index >= 15 is 0 Å². The minimum absolute atomic E-state index is 0.0302. The topological polar surface area (TPSA) is 67.4 Å². The Balaban J connectivity index is 2.47. The number of carbonyl (C=O) groups excluding carboxylic acids is 2. The number of ether oxygens (including phenoxy) is 1. The molecule has 0 bridgehead atoms. The first kappa shape index (κ1) is 14.6. The van der Waals surface area contributed by atoms with Crippen LogP contribution in [0.25, 0.3) is 0 Å². The molecule has 0 heterocycles. The number of hydrazine groups is 1. The van der Waals surface area contributed by atoms with Gasteiger partial charge in [0.25, 0.3) is 0 Å². The molecule has 2 amide bonds. The molecule has 0 aliphatic rings. The van der Waals surface area contributed by atoms with Crippen molar-refractivity contribution in [3.63, 3.8) is 0 Å². The molecule has 0 atom stereocenters. The maximum Gasteiger partial charge on any atom is 0.426 e. The fraction of sp³-hybridized carbons (Fsp3) is 0.273. The molecule has 7 heteroatoms. The summed E-state index contributed by atoms with van der Waals surface area (Å²) in [5.74, 6) is -0.410. The smallest absolute Gasteiger partial charge is 0.426 e. The number of hydrogen-bond acceptors (Lipinski definition) is 3. The summed E-state index contributed by atoms with van der Waals surface area (Å²) in [5.41, 5.74) is 4.92. The molecule has 0 aliphatic carbocycles. The highest BCUT2D eigenvalue weighted by molar-refractivity contribution is 6.35. The van der Waals surface area contributed by atoms with Gasteiger partial charge in [-0.05, 0) is 24.6 Å². The van der Waals surface area contributed by atoms with Crippen LogP contribution in [0.1, 0.15) is 12.5 Å². The van der Waals surface area contributed by atoms with Crippen LogP contribution >= 0.6 is 23.2 Å². The predicted octanol–water partition coefficient (Wildman–Crippen LogP) is 2.31. The second kappa shape index (κ2) is 7.08. The molecule has 18 heavy (non-hydrogen) atoms. The lowest BCUT2D eigenvalue weighted by molar-refractivity contribution is -0.121. The fourth-order valence-electron chi connectivity index (χ4n) is 1.17. The molecule has 0 saturated carbocycles. The summed E-state index contributed by atoms with van der Waals surface area (Å²) in [7, 11) is 0. The first-order chi connectivity index (χ1) is 8.52. The number of carbonyl (C=O) groups is 2. The molecular formula is C11H12Cl2N2O3. The van der Waals surface area contributed by atoms with E-state index in [4.69, 9.17) is 23.2 Å². The van der Waals surface area contributed by atoms with Crippen LogP contribution in [-0.2, 0) is 16.0 Å². The normalized spacial score (nSPS) is 9.72. The second-order valence-electron chi connectivity index (χ2n) is 3.31. The van der Waals surface area contributed by atoms with Gasteiger partial charge in [-0.3, -0.25) is 10.2 Å². The van der Waals surface area contributed by atoms with E-state index in [1.807, 2.05) is 0 Å². The van der Waals surface area contributed by atoms with Gasteiger partial charge in [0, 0.05) is 10.0 Å². The number of halogens is 2. The van der Waals surface area contributed by atoms with Gasteiger partial charge in [0.2, 0.25) is 5.91 Å². The van der Waals surface area contributed by atoms with Gasteiger partial charge in [-0.15, -0.1) is 0 Å². The van der Waals surface area contributed by atoms with Crippen molar-refractivity contribution in [3.8, 4) is 0 Å². The van der Waals surface area contributed by atoms with Crippen molar-refractivity contribution in [1.29, 1.82) is 0 Å². The third kappa shape index (κ3) is 4.81. The average molecular weight is 291 g/mol. The Bertz CT molecular complexity index is 452. The lowest BCUT2D eigenvalue weighted by Gasteiger charge is -2.08. The van der Waals surface area contributed by atoms with Gasteiger partial charge in [0.1, 0.15) is 0 Å². The number of hydrogen-bond donors (Lipinski definition) is 2. The molecule has 5 nitrogen and oxygen atoms in total. The monoisotopic (exact) mass is 290 g/mol. The highest BCUT2D eigenvalue weighted by atomic mass is 35.5. The van der Waals surface area contributed by atoms with Crippen molar-refractivity contribution in [3.05, 3.63) is 33.8 Å². The maximum atomic E-state index is 11.5. The van der Waals surface area contributed by atoms with Gasteiger partial charge in [0.15, 0.2) is 0 Å². The molecule has 0 saturated heterocycles. The van der Waals surface area contributed by atoms with Crippen LogP contribution in [-0.4, -0.2) is 18.6 Å². The van der Waals surface area contributed by atoms with Crippen LogP contribution < -0.4 is 10.9 Å². The zero-order valence-corrected chi connectivity index (χ0v) is 11.1. The summed E-state index contributed by atoms with van der Waals surface area (Å²) >= 11 is 11.6. The Morgan fingerprint density at radius 1 is 1.28 bits per heavy atom. The molecule has 1 rings (SSSR count). The molecule has 0 spiro atoms. The van der Waals surface area contributed by atoms with Crippen LogP contribution in [0.15, 0.2) is 18.2 Å². The molecule has 0 aromatic heterocycles. The first-order valence-corrected chi connectivity index (χ1v) is 5.94. The minimum atomic E-state index is -0.715. The van der Waals surface area contributed by atoms with Gasteiger partial charge in [-0.25, -0.2) is 10.2 Å². The number of benzene rings is 1. The Morgan fingerprint density at radius 3 is 2.61 bits per heavy atom. The Hall–Kier alpha value is -1.46. The van der Waals surface area contributed by atoms with Gasteiger partial charge in [0.05, 0.1) is 13.0 Å². The molecular weight excluding hydrogens is 279 g/mol. The fourth-order valence-corrected chi connectivity index (χ4v) is 1.65. The zero-order chi connectivity index (χ0) is 13.5. The van der Waals surface area contributed by atoms with Crippen LogP contribution in [0.4, 0.5) is 4.79 Å². The van der Waals surface area contributed by atoms with Crippen LogP contribution in [0, 0.1) is 0 Å². The minimum Gasteiger partial charge on any atom is -0.449 e. The number of amides is 2. The molecule has 0 fully saturated rings. The summed E-state index contributed by atoms with van der Waals surface area (Å²) in [6.07, 6.45) is -0.685. The van der Waals surface area contributed by atoms with Crippen molar-refractivity contribution < 1.29 is 14.3 Å². The lowest BCUT2D eigenvalue weighted by Crippen LogP contribution is -2.42. The Kier molecular flexibility index (Phi) is 5.74. The second-order valence-corrected chi connectivity index (χ2v) is 4.15. The zero-order valence-electron chi connectivity index (χ0n) is 9.63. The summed E-state index contributed by atoms with van der Waals surface area (Å²) in [6.45, 7) is 1.89. The maximum absolute atomic E-state index is 11.5. The van der Waals surface area contributed by atoms with E-state index in [0.29, 0.717) is 15.6 Å². The molecule has 2 N–H and O–H groups in total. The van der Waals surface area contributed by atoms with Gasteiger partial charge in [-0.2, -0.15) is 0 Å². The quantitative estimate of drug-likeness (QED) is 0.840. The van der Waals surface area contributed by atoms with Gasteiger partial charge in [-0.1, -0.05) is 29.3 Å². The average Bonchev–Trinajstić information content (AvgIpc) is 2.31. The summed E-state index contributed by atoms with van der Waals surface area (Å²) in [6, 6.07) is 4.83. The van der Waals surface area contributed by atoms with E-state index in [9.17, 15) is 9.59 Å². The SMILES string of the molecule is CCOC(=O)NNC(=O)Cc1ccc(Cl)cc1Cl. The van der Waals surface area contributed by atoms with Crippen molar-refractivity contribution in [2.45, 2.75) is 13.3 Å². The van der Waals surface area contributed by atoms with E-state index in [0.717, 1.165) is 0 Å². The van der Waals surface area contributed by atoms with E-state index in [2.05, 4.69) is 15.6 Å². The van der Waals surface area contributed by atoms with E-state index in [-0.39, 0.29) is 13.0 Å². The van der Waals surface area contributed by atoms with Crippen molar-refractivity contribution in [2.75, 3.05) is 6.61 Å². The highest BCUT2D eigenvalue weighted by Gasteiger charge is 2.08. The summed E-state index contributed by atoms with van der Waals surface area (Å²) < 4.78 is 4.57. The van der Waals surface area contributed by atoms with E-state index in [1.54, 1.807) is 25.1 Å². The van der Waals surface area contributed by atoms with Crippen molar-refractivity contribution >= 4 is 35.2 Å². The largest absolute Gasteiger partial charge is 0.449 e. The lowest BCUT2D eigenvalue weighted by atomic mass is 10.1. The van der Waals surface area contributed by atoms with Crippen LogP contribution in [0.5, 0.6) is 0 Å². The third-order valence-corrected chi connectivity index (χ3v) is 2.53. The van der Waals surface area contributed by atoms with Gasteiger partial charge < -0.3 is 4.74 Å². The van der Waals surface area contributed by atoms with Gasteiger partial charge >= 0.3 is 6.09 Å². The highest BCUT2D eigenvalue weighted by Crippen LogP contribution is 2.21. The predicted molar refractivity (Wildman–Crippen MR) is 68.5 cm³/mol. The van der Waals surface area contributed by atoms with E-state index in [1.165, 1.54) is 0 Å². The van der Waals surface area contributed by atoms with Crippen LogP contribution in [0.3, 0.4) is 0 Å². The molecule has 0 unspecified atom stereocenters. The van der Waals surface area contributed by atoms with Crippen molar-refractivity contribution in [1.82, 2.24) is 10.9 Å². The standard InChI is InChI=1S/C11H12Cl2N2O3/c1-2-18-11(17)15-14-10(16)5-7-3-4-8(12)6-9(7)13/h3-4,6H,2,5H2,1H3,(H,14,16)(H,15,17).